The Labute approximate surface area is 167 Å². The standard InChI is InChI=1S/C18H15N5O3S2/c1-10-7-27-15(21-10)6-13(24)22-23-14(25)8-28-18-17-16(19-9-20-18)11-4-2-3-5-12(11)26-17/h2-5,7,9H,6,8H2,1H3,(H,22,24)(H,23,25). The fraction of sp³-hybridized carbons (Fsp3) is 0.167. The highest BCUT2D eigenvalue weighted by molar-refractivity contribution is 8.00. The molecular weight excluding hydrogens is 398 g/mol. The van der Waals surface area contributed by atoms with E-state index in [9.17, 15) is 9.59 Å². The van der Waals surface area contributed by atoms with E-state index in [2.05, 4.69) is 25.8 Å². The molecule has 2 N–H and O–H groups in total. The highest BCUT2D eigenvalue weighted by Gasteiger charge is 2.15. The fourth-order valence-corrected chi connectivity index (χ4v) is 4.08. The second-order valence-electron chi connectivity index (χ2n) is 5.90. The van der Waals surface area contributed by atoms with Gasteiger partial charge in [-0.3, -0.25) is 20.4 Å². The van der Waals surface area contributed by atoms with Gasteiger partial charge in [-0.15, -0.1) is 11.3 Å². The van der Waals surface area contributed by atoms with Crippen LogP contribution in [0.2, 0.25) is 0 Å². The third kappa shape index (κ3) is 3.97. The van der Waals surface area contributed by atoms with E-state index >= 15 is 0 Å². The Kier molecular flexibility index (Phi) is 5.22. The quantitative estimate of drug-likeness (QED) is 0.294. The topological polar surface area (TPSA) is 110 Å². The minimum Gasteiger partial charge on any atom is -0.451 e. The summed E-state index contributed by atoms with van der Waals surface area (Å²) < 4.78 is 5.83. The lowest BCUT2D eigenvalue weighted by Gasteiger charge is -2.06. The molecule has 4 aromatic rings. The third-order valence-corrected chi connectivity index (χ3v) is 5.72. The number of hydrogen-bond acceptors (Lipinski definition) is 8. The van der Waals surface area contributed by atoms with Crippen LogP contribution in [0.4, 0.5) is 0 Å². The third-order valence-electron chi connectivity index (χ3n) is 3.79. The first kappa shape index (κ1) is 18.4. The van der Waals surface area contributed by atoms with Crippen molar-refractivity contribution in [1.29, 1.82) is 0 Å². The van der Waals surface area contributed by atoms with E-state index in [1.807, 2.05) is 36.6 Å². The zero-order valence-corrected chi connectivity index (χ0v) is 16.4. The number of benzene rings is 1. The number of thiazole rings is 1. The highest BCUT2D eigenvalue weighted by Crippen LogP contribution is 2.32. The molecule has 142 valence electrons. The van der Waals surface area contributed by atoms with Crippen LogP contribution in [0.15, 0.2) is 45.4 Å². The van der Waals surface area contributed by atoms with Gasteiger partial charge in [0.15, 0.2) is 5.58 Å². The van der Waals surface area contributed by atoms with Crippen molar-refractivity contribution in [1.82, 2.24) is 25.8 Å². The second kappa shape index (κ2) is 7.95. The Morgan fingerprint density at radius 3 is 2.82 bits per heavy atom. The summed E-state index contributed by atoms with van der Waals surface area (Å²) in [6.07, 6.45) is 1.57. The summed E-state index contributed by atoms with van der Waals surface area (Å²) in [7, 11) is 0. The summed E-state index contributed by atoms with van der Waals surface area (Å²) in [5.74, 6) is -0.606. The Balaban J connectivity index is 1.35. The van der Waals surface area contributed by atoms with Crippen molar-refractivity contribution in [3.8, 4) is 0 Å². The van der Waals surface area contributed by atoms with E-state index < -0.39 is 0 Å². The molecule has 1 aromatic carbocycles. The molecule has 0 radical (unpaired) electrons. The number of hydrazine groups is 1. The summed E-state index contributed by atoms with van der Waals surface area (Å²) in [6.45, 7) is 1.86. The summed E-state index contributed by atoms with van der Waals surface area (Å²) in [4.78, 5) is 36.6. The van der Waals surface area contributed by atoms with Gasteiger partial charge in [0.05, 0.1) is 12.2 Å². The van der Waals surface area contributed by atoms with E-state index in [4.69, 9.17) is 4.42 Å². The van der Waals surface area contributed by atoms with Crippen molar-refractivity contribution < 1.29 is 14.0 Å². The summed E-state index contributed by atoms with van der Waals surface area (Å²) in [5.41, 5.74) is 7.63. The molecular formula is C18H15N5O3S2. The van der Waals surface area contributed by atoms with Crippen molar-refractivity contribution in [2.45, 2.75) is 18.4 Å². The van der Waals surface area contributed by atoms with Gasteiger partial charge < -0.3 is 4.42 Å². The van der Waals surface area contributed by atoms with E-state index in [1.54, 1.807) is 0 Å². The largest absolute Gasteiger partial charge is 0.451 e. The average molecular weight is 413 g/mol. The number of carbonyl (C=O) groups excluding carboxylic acids is 2. The van der Waals surface area contributed by atoms with Crippen LogP contribution in [-0.2, 0) is 16.0 Å². The number of rotatable bonds is 5. The van der Waals surface area contributed by atoms with E-state index in [-0.39, 0.29) is 24.0 Å². The zero-order valence-electron chi connectivity index (χ0n) is 14.8. The fourth-order valence-electron chi connectivity index (χ4n) is 2.58. The molecule has 0 spiro atoms. The Hall–Kier alpha value is -2.98. The minimum atomic E-state index is -0.350. The van der Waals surface area contributed by atoms with Gasteiger partial charge in [0.25, 0.3) is 0 Å². The van der Waals surface area contributed by atoms with Gasteiger partial charge in [-0.1, -0.05) is 23.9 Å². The molecule has 28 heavy (non-hydrogen) atoms. The molecule has 0 fully saturated rings. The first-order valence-corrected chi connectivity index (χ1v) is 10.2. The van der Waals surface area contributed by atoms with E-state index in [0.29, 0.717) is 26.7 Å². The molecule has 0 aliphatic carbocycles. The molecule has 0 saturated carbocycles. The zero-order chi connectivity index (χ0) is 19.5. The predicted molar refractivity (Wildman–Crippen MR) is 107 cm³/mol. The van der Waals surface area contributed by atoms with Crippen LogP contribution in [0.3, 0.4) is 0 Å². The second-order valence-corrected chi connectivity index (χ2v) is 7.81. The molecule has 0 saturated heterocycles. The van der Waals surface area contributed by atoms with Crippen LogP contribution in [0.5, 0.6) is 0 Å². The monoisotopic (exact) mass is 413 g/mol. The van der Waals surface area contributed by atoms with Gasteiger partial charge in [0, 0.05) is 16.5 Å². The SMILES string of the molecule is Cc1csc(CC(=O)NNC(=O)CSc2ncnc3c2oc2ccccc23)n1. The van der Waals surface area contributed by atoms with Crippen molar-refractivity contribution in [3.63, 3.8) is 0 Å². The summed E-state index contributed by atoms with van der Waals surface area (Å²) in [5, 5.41) is 4.04. The first-order chi connectivity index (χ1) is 13.6. The minimum absolute atomic E-state index is 0.0692. The number of furan rings is 1. The Morgan fingerprint density at radius 1 is 1.18 bits per heavy atom. The van der Waals surface area contributed by atoms with Crippen LogP contribution >= 0.6 is 23.1 Å². The molecule has 2 amide bonds. The summed E-state index contributed by atoms with van der Waals surface area (Å²) in [6, 6.07) is 7.58. The van der Waals surface area contributed by atoms with Gasteiger partial charge >= 0.3 is 0 Å². The van der Waals surface area contributed by atoms with Crippen LogP contribution < -0.4 is 10.9 Å². The lowest BCUT2D eigenvalue weighted by Crippen LogP contribution is -2.43. The predicted octanol–water partition coefficient (Wildman–Crippen LogP) is 2.62. The van der Waals surface area contributed by atoms with Crippen molar-refractivity contribution in [2.75, 3.05) is 5.75 Å². The van der Waals surface area contributed by atoms with Crippen molar-refractivity contribution in [3.05, 3.63) is 46.7 Å². The van der Waals surface area contributed by atoms with Crippen LogP contribution in [0, 0.1) is 6.92 Å². The molecule has 10 heteroatoms. The van der Waals surface area contributed by atoms with Crippen LogP contribution in [-0.4, -0.2) is 32.5 Å². The molecule has 8 nitrogen and oxygen atoms in total. The molecule has 3 aromatic heterocycles. The number of hydrogen-bond donors (Lipinski definition) is 2. The number of fused-ring (bicyclic) bond motifs is 3. The van der Waals surface area contributed by atoms with Gasteiger partial charge in [0.1, 0.15) is 27.5 Å². The molecule has 0 unspecified atom stereocenters. The molecule has 0 atom stereocenters. The highest BCUT2D eigenvalue weighted by atomic mass is 32.2. The number of para-hydroxylation sites is 1. The Bertz CT molecular complexity index is 1170. The average Bonchev–Trinajstić information content (AvgIpc) is 3.28. The lowest BCUT2D eigenvalue weighted by atomic mass is 10.2. The van der Waals surface area contributed by atoms with Gasteiger partial charge in [-0.2, -0.15) is 0 Å². The molecule has 3 heterocycles. The van der Waals surface area contributed by atoms with Gasteiger partial charge in [-0.05, 0) is 19.1 Å². The molecule has 0 bridgehead atoms. The van der Waals surface area contributed by atoms with E-state index in [0.717, 1.165) is 11.1 Å². The number of thioether (sulfide) groups is 1. The smallest absolute Gasteiger partial charge is 0.248 e. The number of carbonyl (C=O) groups is 2. The lowest BCUT2D eigenvalue weighted by molar-refractivity contribution is -0.127. The van der Waals surface area contributed by atoms with Crippen molar-refractivity contribution in [2.24, 2.45) is 0 Å². The first-order valence-electron chi connectivity index (χ1n) is 8.34. The summed E-state index contributed by atoms with van der Waals surface area (Å²) >= 11 is 2.62. The van der Waals surface area contributed by atoms with Gasteiger partial charge in [-0.25, -0.2) is 15.0 Å². The maximum atomic E-state index is 12.1. The number of aryl methyl sites for hydroxylation is 1. The molecule has 0 aliphatic rings. The van der Waals surface area contributed by atoms with E-state index in [1.165, 1.54) is 29.4 Å². The van der Waals surface area contributed by atoms with Crippen molar-refractivity contribution >= 4 is 57.0 Å². The number of nitrogens with one attached hydrogen (secondary N) is 2. The maximum absolute atomic E-state index is 12.1. The maximum Gasteiger partial charge on any atom is 0.248 e. The normalized spacial score (nSPS) is 11.0. The van der Waals surface area contributed by atoms with Gasteiger partial charge in [0.2, 0.25) is 11.8 Å². The molecule has 0 aliphatic heterocycles. The number of aromatic nitrogens is 3. The van der Waals surface area contributed by atoms with Crippen LogP contribution in [0.25, 0.3) is 22.1 Å². The number of amides is 2. The van der Waals surface area contributed by atoms with Crippen LogP contribution in [0.1, 0.15) is 10.7 Å². The molecule has 4 rings (SSSR count). The Morgan fingerprint density at radius 2 is 2.00 bits per heavy atom. The number of nitrogens with zero attached hydrogens (tertiary/aromatic N) is 3.